The van der Waals surface area contributed by atoms with Crippen LogP contribution in [0.1, 0.15) is 18.5 Å². The molecule has 2 unspecified atom stereocenters. The standard InChI is InChI=1S/C13H22N4OS/c1-3-18-11-6-10(7-15-8-11)13(16-14)12-9-19-5-4-17(12)2/h6-8,12-13,16H,3-5,9,14H2,1-2H3. The molecule has 1 aromatic rings. The fourth-order valence-electron chi connectivity index (χ4n) is 2.34. The summed E-state index contributed by atoms with van der Waals surface area (Å²) in [6, 6.07) is 2.47. The minimum atomic E-state index is 0.0747. The molecular formula is C13H22N4OS. The number of rotatable bonds is 5. The lowest BCUT2D eigenvalue weighted by Crippen LogP contribution is -2.49. The SMILES string of the molecule is CCOc1cncc(C(NN)C2CSCCN2C)c1. The van der Waals surface area contributed by atoms with Crippen molar-refractivity contribution in [2.24, 2.45) is 5.84 Å². The van der Waals surface area contributed by atoms with Crippen molar-refractivity contribution in [3.8, 4) is 5.75 Å². The van der Waals surface area contributed by atoms with Gasteiger partial charge in [-0.1, -0.05) is 0 Å². The average molecular weight is 282 g/mol. The lowest BCUT2D eigenvalue weighted by atomic mass is 10.0. The summed E-state index contributed by atoms with van der Waals surface area (Å²) >= 11 is 1.97. The third-order valence-electron chi connectivity index (χ3n) is 3.41. The van der Waals surface area contributed by atoms with E-state index in [4.69, 9.17) is 10.6 Å². The Hall–Kier alpha value is -0.820. The smallest absolute Gasteiger partial charge is 0.137 e. The summed E-state index contributed by atoms with van der Waals surface area (Å²) in [6.07, 6.45) is 3.60. The van der Waals surface area contributed by atoms with Gasteiger partial charge in [-0.2, -0.15) is 11.8 Å². The Kier molecular flexibility index (Phi) is 5.45. The van der Waals surface area contributed by atoms with E-state index < -0.39 is 0 Å². The third kappa shape index (κ3) is 3.60. The van der Waals surface area contributed by atoms with Crippen LogP contribution in [0.25, 0.3) is 0 Å². The molecular weight excluding hydrogens is 260 g/mol. The van der Waals surface area contributed by atoms with E-state index in [-0.39, 0.29) is 6.04 Å². The maximum atomic E-state index is 5.77. The molecule has 0 saturated carbocycles. The summed E-state index contributed by atoms with van der Waals surface area (Å²) in [4.78, 5) is 6.60. The van der Waals surface area contributed by atoms with E-state index in [0.29, 0.717) is 12.6 Å². The summed E-state index contributed by atoms with van der Waals surface area (Å²) in [6.45, 7) is 3.70. The van der Waals surface area contributed by atoms with Crippen LogP contribution in [0.5, 0.6) is 5.75 Å². The van der Waals surface area contributed by atoms with E-state index in [2.05, 4.69) is 22.4 Å². The van der Waals surface area contributed by atoms with Crippen molar-refractivity contribution in [3.63, 3.8) is 0 Å². The van der Waals surface area contributed by atoms with E-state index in [1.165, 1.54) is 5.75 Å². The number of ether oxygens (including phenoxy) is 1. The number of nitrogens with two attached hydrogens (primary N) is 1. The Balaban J connectivity index is 2.18. The highest BCUT2D eigenvalue weighted by Gasteiger charge is 2.28. The van der Waals surface area contributed by atoms with Crippen LogP contribution in [0.15, 0.2) is 18.5 Å². The fraction of sp³-hybridized carbons (Fsp3) is 0.615. The van der Waals surface area contributed by atoms with E-state index in [1.807, 2.05) is 30.9 Å². The molecule has 1 aliphatic rings. The van der Waals surface area contributed by atoms with Crippen LogP contribution in [0.2, 0.25) is 0 Å². The first-order valence-electron chi connectivity index (χ1n) is 6.58. The van der Waals surface area contributed by atoms with Gasteiger partial charge in [0.1, 0.15) is 5.75 Å². The van der Waals surface area contributed by atoms with Gasteiger partial charge < -0.3 is 4.74 Å². The number of hydrazine groups is 1. The van der Waals surface area contributed by atoms with Gasteiger partial charge in [-0.3, -0.25) is 21.2 Å². The number of thioether (sulfide) groups is 1. The van der Waals surface area contributed by atoms with E-state index in [0.717, 1.165) is 23.6 Å². The summed E-state index contributed by atoms with van der Waals surface area (Å²) < 4.78 is 5.51. The zero-order chi connectivity index (χ0) is 13.7. The van der Waals surface area contributed by atoms with Gasteiger partial charge in [0.05, 0.1) is 18.8 Å². The molecule has 3 N–H and O–H groups in total. The molecule has 5 nitrogen and oxygen atoms in total. The lowest BCUT2D eigenvalue weighted by molar-refractivity contribution is 0.216. The number of hydrogen-bond donors (Lipinski definition) is 2. The second kappa shape index (κ2) is 7.09. The molecule has 0 spiro atoms. The molecule has 6 heteroatoms. The van der Waals surface area contributed by atoms with Crippen LogP contribution in [-0.4, -0.2) is 47.6 Å². The van der Waals surface area contributed by atoms with Gasteiger partial charge >= 0.3 is 0 Å². The molecule has 0 aromatic carbocycles. The van der Waals surface area contributed by atoms with Crippen LogP contribution in [0.3, 0.4) is 0 Å². The first kappa shape index (κ1) is 14.6. The maximum Gasteiger partial charge on any atom is 0.137 e. The van der Waals surface area contributed by atoms with Crippen LogP contribution in [0.4, 0.5) is 0 Å². The van der Waals surface area contributed by atoms with E-state index in [9.17, 15) is 0 Å². The number of nitrogens with one attached hydrogen (secondary N) is 1. The molecule has 2 heterocycles. The quantitative estimate of drug-likeness (QED) is 0.621. The molecule has 1 saturated heterocycles. The molecule has 1 aliphatic heterocycles. The Labute approximate surface area is 118 Å². The first-order valence-corrected chi connectivity index (χ1v) is 7.73. The monoisotopic (exact) mass is 282 g/mol. The maximum absolute atomic E-state index is 5.77. The summed E-state index contributed by atoms with van der Waals surface area (Å²) in [5, 5.41) is 0. The third-order valence-corrected chi connectivity index (χ3v) is 4.46. The molecule has 2 rings (SSSR count). The molecule has 0 aliphatic carbocycles. The highest BCUT2D eigenvalue weighted by Crippen LogP contribution is 2.27. The van der Waals surface area contributed by atoms with Crippen molar-refractivity contribution in [1.29, 1.82) is 0 Å². The van der Waals surface area contributed by atoms with Gasteiger partial charge in [-0.25, -0.2) is 0 Å². The highest BCUT2D eigenvalue weighted by molar-refractivity contribution is 7.99. The van der Waals surface area contributed by atoms with Crippen LogP contribution >= 0.6 is 11.8 Å². The predicted octanol–water partition coefficient (Wildman–Crippen LogP) is 1.03. The van der Waals surface area contributed by atoms with Gasteiger partial charge in [-0.05, 0) is 25.6 Å². The number of likely N-dealkylation sites (N-methyl/N-ethyl adjacent to an activating group) is 1. The van der Waals surface area contributed by atoms with Gasteiger partial charge in [-0.15, -0.1) is 0 Å². The van der Waals surface area contributed by atoms with Gasteiger partial charge in [0.25, 0.3) is 0 Å². The molecule has 0 amide bonds. The van der Waals surface area contributed by atoms with Crippen molar-refractivity contribution < 1.29 is 4.74 Å². The Morgan fingerprint density at radius 1 is 1.63 bits per heavy atom. The molecule has 2 atom stereocenters. The molecule has 1 fully saturated rings. The summed E-state index contributed by atoms with van der Waals surface area (Å²) in [5.41, 5.74) is 4.01. The number of nitrogens with zero attached hydrogens (tertiary/aromatic N) is 2. The Morgan fingerprint density at radius 2 is 2.47 bits per heavy atom. The molecule has 0 bridgehead atoms. The zero-order valence-electron chi connectivity index (χ0n) is 11.5. The van der Waals surface area contributed by atoms with Crippen molar-refractivity contribution in [3.05, 3.63) is 24.0 Å². The minimum absolute atomic E-state index is 0.0747. The largest absolute Gasteiger partial charge is 0.492 e. The number of pyridine rings is 1. The van der Waals surface area contributed by atoms with Crippen LogP contribution in [0, 0.1) is 0 Å². The van der Waals surface area contributed by atoms with Crippen molar-refractivity contribution in [2.45, 2.75) is 19.0 Å². The van der Waals surface area contributed by atoms with Crippen LogP contribution in [-0.2, 0) is 0 Å². The Morgan fingerprint density at radius 3 is 3.16 bits per heavy atom. The molecule has 106 valence electrons. The number of aromatic nitrogens is 1. The molecule has 19 heavy (non-hydrogen) atoms. The molecule has 0 radical (unpaired) electrons. The number of hydrogen-bond acceptors (Lipinski definition) is 6. The van der Waals surface area contributed by atoms with Crippen molar-refractivity contribution >= 4 is 11.8 Å². The van der Waals surface area contributed by atoms with Crippen molar-refractivity contribution in [1.82, 2.24) is 15.3 Å². The summed E-state index contributed by atoms with van der Waals surface area (Å²) in [5.74, 6) is 8.82. The van der Waals surface area contributed by atoms with E-state index in [1.54, 1.807) is 6.20 Å². The normalized spacial score (nSPS) is 22.2. The van der Waals surface area contributed by atoms with Crippen LogP contribution < -0.4 is 16.0 Å². The minimum Gasteiger partial charge on any atom is -0.492 e. The second-order valence-electron chi connectivity index (χ2n) is 4.65. The highest BCUT2D eigenvalue weighted by atomic mass is 32.2. The summed E-state index contributed by atoms with van der Waals surface area (Å²) in [7, 11) is 2.15. The molecule has 1 aromatic heterocycles. The van der Waals surface area contributed by atoms with Gasteiger partial charge in [0.15, 0.2) is 0 Å². The zero-order valence-corrected chi connectivity index (χ0v) is 12.3. The second-order valence-corrected chi connectivity index (χ2v) is 5.80. The first-order chi connectivity index (χ1) is 9.26. The Bertz CT molecular complexity index is 404. The van der Waals surface area contributed by atoms with E-state index >= 15 is 0 Å². The lowest BCUT2D eigenvalue weighted by Gasteiger charge is -2.37. The van der Waals surface area contributed by atoms with Crippen molar-refractivity contribution in [2.75, 3.05) is 31.7 Å². The average Bonchev–Trinajstić information content (AvgIpc) is 2.43. The van der Waals surface area contributed by atoms with Gasteiger partial charge in [0.2, 0.25) is 0 Å². The predicted molar refractivity (Wildman–Crippen MR) is 79.2 cm³/mol. The fourth-order valence-corrected chi connectivity index (χ4v) is 3.61. The topological polar surface area (TPSA) is 63.4 Å². The van der Waals surface area contributed by atoms with Gasteiger partial charge in [0, 0.05) is 30.3 Å².